The first-order valence-corrected chi connectivity index (χ1v) is 14.2. The fraction of sp³-hybridized carbons (Fsp3) is 0.261. The quantitative estimate of drug-likeness (QED) is 0.0992. The first-order chi connectivity index (χ1) is 20.0. The number of hydrogen-bond donors (Lipinski definition) is 4. The minimum atomic E-state index is -1.41. The van der Waals surface area contributed by atoms with Gasteiger partial charge in [0.25, 0.3) is 11.8 Å². The number of aromatic nitrogens is 5. The Bertz CT molecular complexity index is 1630. The fourth-order valence-corrected chi connectivity index (χ4v) is 6.38. The van der Waals surface area contributed by atoms with Gasteiger partial charge in [-0.05, 0) is 6.92 Å². The summed E-state index contributed by atoms with van der Waals surface area (Å²) in [6.45, 7) is 1.41. The molecule has 2 aliphatic heterocycles. The molecule has 2 aliphatic rings. The van der Waals surface area contributed by atoms with E-state index in [1.807, 2.05) is 0 Å². The van der Waals surface area contributed by atoms with Crippen molar-refractivity contribution in [1.82, 2.24) is 30.2 Å². The molecule has 0 unspecified atom stereocenters. The van der Waals surface area contributed by atoms with Crippen LogP contribution in [-0.2, 0) is 30.6 Å². The van der Waals surface area contributed by atoms with Crippen LogP contribution in [0.15, 0.2) is 53.3 Å². The van der Waals surface area contributed by atoms with Gasteiger partial charge in [0.1, 0.15) is 27.1 Å². The van der Waals surface area contributed by atoms with Crippen molar-refractivity contribution in [2.24, 2.45) is 5.16 Å². The van der Waals surface area contributed by atoms with Crippen LogP contribution in [-0.4, -0.2) is 87.8 Å². The first kappa shape index (κ1) is 29.0. The van der Waals surface area contributed by atoms with Gasteiger partial charge in [-0.15, -0.1) is 16.9 Å². The molecule has 1 fully saturated rings. The summed E-state index contributed by atoms with van der Waals surface area (Å²) in [5.74, 6) is -3.93. The molecular formula is C23H21ClN9O7S2+. The molecule has 5 heterocycles. The van der Waals surface area contributed by atoms with Crippen LogP contribution >= 0.6 is 34.7 Å². The predicted molar refractivity (Wildman–Crippen MR) is 147 cm³/mol. The lowest BCUT2D eigenvalue weighted by atomic mass is 10.0. The van der Waals surface area contributed by atoms with E-state index < -0.39 is 47.0 Å². The van der Waals surface area contributed by atoms with Gasteiger partial charge in [0.2, 0.25) is 6.10 Å². The van der Waals surface area contributed by atoms with Crippen molar-refractivity contribution in [3.05, 3.63) is 58.2 Å². The zero-order chi connectivity index (χ0) is 30.1. The molecule has 1 saturated heterocycles. The highest BCUT2D eigenvalue weighted by atomic mass is 35.5. The monoisotopic (exact) mass is 634 g/mol. The largest absolute Gasteiger partial charge is 0.478 e. The number of β-lactam (4-membered cyclic amide) rings is 1. The van der Waals surface area contributed by atoms with Crippen molar-refractivity contribution < 1.29 is 38.8 Å². The zero-order valence-electron chi connectivity index (χ0n) is 21.4. The average Bonchev–Trinajstić information content (AvgIpc) is 3.61. The molecule has 2 amide bonds. The van der Waals surface area contributed by atoms with Crippen LogP contribution in [0.25, 0.3) is 5.69 Å². The van der Waals surface area contributed by atoms with Crippen molar-refractivity contribution in [3.63, 3.8) is 0 Å². The standard InChI is InChI=1S/C23H20ClN9O7S2/c1-10(21(36)37)40-29-14(13-17(24)42-23(25)28-13)18(34)27-15-19(35)33-16(22(38)39)11(9-41-20(15)33)8-31-5-2-12(3-6-31)32-7-4-26-30-32/h2-7,10,15,20H,8-9H2,1H3,(H4-,25,27,28,34,36,37,38,39)/p+1/b29-14-/t10-,15+,20+/m0/s1. The normalized spacial score (nSPS) is 19.1. The van der Waals surface area contributed by atoms with Crippen LogP contribution in [0, 0.1) is 0 Å². The molecule has 42 heavy (non-hydrogen) atoms. The van der Waals surface area contributed by atoms with Crippen LogP contribution in [0.4, 0.5) is 5.13 Å². The van der Waals surface area contributed by atoms with Gasteiger partial charge in [0.05, 0.1) is 18.1 Å². The van der Waals surface area contributed by atoms with Crippen molar-refractivity contribution in [2.45, 2.75) is 31.0 Å². The fourth-order valence-electron chi connectivity index (χ4n) is 4.12. The average molecular weight is 635 g/mol. The number of carboxylic acid groups (broad SMARTS) is 2. The molecule has 0 saturated carbocycles. The summed E-state index contributed by atoms with van der Waals surface area (Å²) in [5.41, 5.74) is 6.13. The van der Waals surface area contributed by atoms with Gasteiger partial charge in [-0.3, -0.25) is 14.5 Å². The number of rotatable bonds is 10. The number of carbonyl (C=O) groups excluding carboxylic acids is 2. The van der Waals surface area contributed by atoms with E-state index in [0.717, 1.165) is 21.9 Å². The van der Waals surface area contributed by atoms with Crippen molar-refractivity contribution in [3.8, 4) is 5.69 Å². The van der Waals surface area contributed by atoms with Gasteiger partial charge >= 0.3 is 11.9 Å². The number of carboxylic acids is 2. The van der Waals surface area contributed by atoms with Crippen molar-refractivity contribution in [1.29, 1.82) is 0 Å². The van der Waals surface area contributed by atoms with E-state index in [9.17, 15) is 24.3 Å². The number of amides is 2. The summed E-state index contributed by atoms with van der Waals surface area (Å²) in [4.78, 5) is 59.8. The molecule has 0 radical (unpaired) electrons. The van der Waals surface area contributed by atoms with E-state index in [0.29, 0.717) is 5.57 Å². The number of aliphatic carboxylic acids is 2. The number of pyridine rings is 1. The number of thiazole rings is 1. The maximum absolute atomic E-state index is 13.2. The zero-order valence-corrected chi connectivity index (χ0v) is 23.8. The molecule has 3 aromatic heterocycles. The molecule has 16 nitrogen and oxygen atoms in total. The topological polar surface area (TPSA) is 219 Å². The third-order valence-corrected chi connectivity index (χ3v) is 8.59. The predicted octanol–water partition coefficient (Wildman–Crippen LogP) is -0.120. The van der Waals surface area contributed by atoms with Gasteiger partial charge in [0, 0.05) is 23.5 Å². The van der Waals surface area contributed by atoms with E-state index in [-0.39, 0.29) is 33.2 Å². The third kappa shape index (κ3) is 5.63. The summed E-state index contributed by atoms with van der Waals surface area (Å²) < 4.78 is 3.34. The number of halogens is 1. The molecule has 3 aromatic rings. The molecular weight excluding hydrogens is 614 g/mol. The van der Waals surface area contributed by atoms with Crippen LogP contribution in [0.1, 0.15) is 12.6 Å². The maximum atomic E-state index is 13.2. The molecule has 5 rings (SSSR count). The van der Waals surface area contributed by atoms with Crippen LogP contribution in [0.3, 0.4) is 0 Å². The Hall–Kier alpha value is -4.55. The molecule has 0 spiro atoms. The SMILES string of the molecule is C[C@H](O/N=C(\C(=O)N[C@@H]1C(=O)N2C(C(=O)O)=C(C[n+]3ccc(-n4ccnn4)cc3)CS[C@H]12)c1nc(N)sc1Cl)C(=O)O. The summed E-state index contributed by atoms with van der Waals surface area (Å²) in [7, 11) is 0. The van der Waals surface area contributed by atoms with Gasteiger partial charge in [-0.1, -0.05) is 33.3 Å². The Morgan fingerprint density at radius 3 is 2.67 bits per heavy atom. The summed E-state index contributed by atoms with van der Waals surface area (Å²) in [6.07, 6.45) is 5.34. The Labute approximate surface area is 249 Å². The van der Waals surface area contributed by atoms with Crippen LogP contribution in [0.2, 0.25) is 4.34 Å². The second-order valence-corrected chi connectivity index (χ2v) is 11.6. The van der Waals surface area contributed by atoms with Crippen molar-refractivity contribution in [2.75, 3.05) is 11.5 Å². The Morgan fingerprint density at radius 2 is 2.07 bits per heavy atom. The molecule has 218 valence electrons. The number of oxime groups is 1. The third-order valence-electron chi connectivity index (χ3n) is 6.16. The minimum Gasteiger partial charge on any atom is -0.478 e. The van der Waals surface area contributed by atoms with Gasteiger partial charge in [0.15, 0.2) is 29.8 Å². The number of nitrogen functional groups attached to an aromatic ring is 1. The van der Waals surface area contributed by atoms with E-state index >= 15 is 0 Å². The second kappa shape index (κ2) is 11.7. The van der Waals surface area contributed by atoms with Gasteiger partial charge < -0.3 is 26.1 Å². The lowest BCUT2D eigenvalue weighted by molar-refractivity contribution is -0.689. The van der Waals surface area contributed by atoms with E-state index in [2.05, 4.69) is 25.8 Å². The highest BCUT2D eigenvalue weighted by Gasteiger charge is 2.55. The number of nitrogens with two attached hydrogens (primary N) is 1. The van der Waals surface area contributed by atoms with Crippen LogP contribution in [0.5, 0.6) is 0 Å². The Morgan fingerprint density at radius 1 is 1.33 bits per heavy atom. The number of fused-ring (bicyclic) bond motifs is 1. The lowest BCUT2D eigenvalue weighted by Gasteiger charge is -2.49. The minimum absolute atomic E-state index is 0.00542. The Balaban J connectivity index is 1.34. The smallest absolute Gasteiger partial charge is 0.352 e. The second-order valence-electron chi connectivity index (χ2n) is 8.89. The summed E-state index contributed by atoms with van der Waals surface area (Å²) in [5, 5.41) is 32.2. The van der Waals surface area contributed by atoms with E-state index in [1.54, 1.807) is 46.2 Å². The lowest BCUT2D eigenvalue weighted by Crippen LogP contribution is -2.71. The van der Waals surface area contributed by atoms with Crippen LogP contribution < -0.4 is 15.6 Å². The van der Waals surface area contributed by atoms with E-state index in [1.165, 1.54) is 18.7 Å². The number of hydrogen-bond acceptors (Lipinski definition) is 12. The molecule has 0 bridgehead atoms. The highest BCUT2D eigenvalue weighted by molar-refractivity contribution is 8.00. The van der Waals surface area contributed by atoms with E-state index in [4.69, 9.17) is 27.3 Å². The summed E-state index contributed by atoms with van der Waals surface area (Å²) in [6, 6.07) is 2.47. The number of carbonyl (C=O) groups is 4. The summed E-state index contributed by atoms with van der Waals surface area (Å²) >= 11 is 8.28. The molecule has 19 heteroatoms. The number of nitrogens with one attached hydrogen (secondary N) is 1. The Kier molecular flexibility index (Phi) is 8.10. The van der Waals surface area contributed by atoms with Crippen molar-refractivity contribution >= 4 is 69.3 Å². The first-order valence-electron chi connectivity index (χ1n) is 12.0. The highest BCUT2D eigenvalue weighted by Crippen LogP contribution is 2.40. The number of nitrogens with zero attached hydrogens (tertiary/aromatic N) is 7. The molecule has 0 aliphatic carbocycles. The molecule has 3 atom stereocenters. The van der Waals surface area contributed by atoms with Gasteiger partial charge in [-0.25, -0.2) is 23.8 Å². The number of thioether (sulfide) groups is 1. The molecule has 0 aromatic carbocycles. The molecule has 5 N–H and O–H groups in total. The maximum Gasteiger partial charge on any atom is 0.352 e. The number of anilines is 1. The van der Waals surface area contributed by atoms with Gasteiger partial charge in [-0.2, -0.15) is 0 Å².